The molecule has 1 N–H and O–H groups in total. The number of hydrogen-bond donors (Lipinski definition) is 1. The lowest BCUT2D eigenvalue weighted by Gasteiger charge is -2.24. The topological polar surface area (TPSA) is 21.3 Å². The first kappa shape index (κ1) is 11.4. The number of thiophene rings is 1. The van der Waals surface area contributed by atoms with Crippen molar-refractivity contribution >= 4 is 22.9 Å². The second-order valence-electron chi connectivity index (χ2n) is 4.01. The average molecular weight is 246 g/mol. The van der Waals surface area contributed by atoms with Crippen molar-refractivity contribution in [3.8, 4) is 0 Å². The Morgan fingerprint density at radius 2 is 2.40 bits per heavy atom. The number of nitrogens with one attached hydrogen (secondary N) is 1. The normalized spacial score (nSPS) is 28.2. The Bertz CT molecular complexity index is 328. The van der Waals surface area contributed by atoms with E-state index in [4.69, 9.17) is 16.3 Å². The fraction of sp³-hybridized carbons (Fsp3) is 0.636. The Hall–Kier alpha value is -0.0900. The van der Waals surface area contributed by atoms with E-state index in [2.05, 4.69) is 18.3 Å². The summed E-state index contributed by atoms with van der Waals surface area (Å²) >= 11 is 7.59. The minimum absolute atomic E-state index is 0.278. The standard InChI is InChI=1S/C11H16ClNOS/c1-7-5-6-14-11(7)10(13-2)8-3-4-9(12)15-8/h3-4,7,10-11,13H,5-6H2,1-2H3. The highest BCUT2D eigenvalue weighted by atomic mass is 35.5. The lowest BCUT2D eigenvalue weighted by Crippen LogP contribution is -2.31. The first-order chi connectivity index (χ1) is 7.22. The van der Waals surface area contributed by atoms with E-state index in [0.717, 1.165) is 17.4 Å². The SMILES string of the molecule is CNC(c1ccc(Cl)s1)C1OCCC1C. The van der Waals surface area contributed by atoms with Gasteiger partial charge in [0.05, 0.1) is 16.5 Å². The number of hydrogen-bond acceptors (Lipinski definition) is 3. The number of ether oxygens (including phenoxy) is 1. The summed E-state index contributed by atoms with van der Waals surface area (Å²) in [7, 11) is 1.98. The van der Waals surface area contributed by atoms with E-state index in [1.165, 1.54) is 4.88 Å². The van der Waals surface area contributed by atoms with E-state index in [-0.39, 0.29) is 12.1 Å². The molecule has 0 aromatic carbocycles. The van der Waals surface area contributed by atoms with Crippen LogP contribution in [0.15, 0.2) is 12.1 Å². The molecule has 1 aliphatic rings. The van der Waals surface area contributed by atoms with Crippen LogP contribution in [-0.4, -0.2) is 19.8 Å². The van der Waals surface area contributed by atoms with Gasteiger partial charge in [-0.2, -0.15) is 0 Å². The van der Waals surface area contributed by atoms with E-state index in [9.17, 15) is 0 Å². The van der Waals surface area contributed by atoms with Crippen molar-refractivity contribution < 1.29 is 4.74 Å². The Morgan fingerprint density at radius 1 is 1.60 bits per heavy atom. The molecule has 2 nitrogen and oxygen atoms in total. The zero-order valence-corrected chi connectivity index (χ0v) is 10.6. The minimum atomic E-state index is 0.278. The van der Waals surface area contributed by atoms with Crippen LogP contribution in [0.25, 0.3) is 0 Å². The van der Waals surface area contributed by atoms with Crippen LogP contribution in [0.5, 0.6) is 0 Å². The molecule has 1 aliphatic heterocycles. The molecule has 0 spiro atoms. The van der Waals surface area contributed by atoms with Crippen molar-refractivity contribution in [3.63, 3.8) is 0 Å². The molecule has 0 saturated carbocycles. The molecular weight excluding hydrogens is 230 g/mol. The van der Waals surface area contributed by atoms with Gasteiger partial charge in [0, 0.05) is 11.5 Å². The van der Waals surface area contributed by atoms with Gasteiger partial charge in [-0.3, -0.25) is 0 Å². The van der Waals surface area contributed by atoms with Crippen molar-refractivity contribution in [2.45, 2.75) is 25.5 Å². The molecule has 2 rings (SSSR count). The first-order valence-electron chi connectivity index (χ1n) is 5.26. The summed E-state index contributed by atoms with van der Waals surface area (Å²) < 4.78 is 6.63. The summed E-state index contributed by atoms with van der Waals surface area (Å²) in [5.41, 5.74) is 0. The molecule has 1 saturated heterocycles. The molecule has 1 aromatic heterocycles. The lowest BCUT2D eigenvalue weighted by atomic mass is 9.97. The zero-order chi connectivity index (χ0) is 10.8. The van der Waals surface area contributed by atoms with Crippen molar-refractivity contribution in [2.24, 2.45) is 5.92 Å². The van der Waals surface area contributed by atoms with Crippen LogP contribution in [0.3, 0.4) is 0 Å². The number of likely N-dealkylation sites (N-methyl/N-ethyl adjacent to an activating group) is 1. The van der Waals surface area contributed by atoms with Crippen LogP contribution < -0.4 is 5.32 Å². The summed E-state index contributed by atoms with van der Waals surface area (Å²) in [6.07, 6.45) is 1.44. The predicted molar refractivity (Wildman–Crippen MR) is 64.7 cm³/mol. The molecule has 2 heterocycles. The van der Waals surface area contributed by atoms with Crippen LogP contribution in [0, 0.1) is 5.92 Å². The molecule has 0 radical (unpaired) electrons. The predicted octanol–water partition coefficient (Wildman–Crippen LogP) is 3.09. The summed E-state index contributed by atoms with van der Waals surface area (Å²) in [6, 6.07) is 4.31. The Balaban J connectivity index is 2.16. The first-order valence-corrected chi connectivity index (χ1v) is 6.46. The summed E-state index contributed by atoms with van der Waals surface area (Å²) in [6.45, 7) is 3.13. The van der Waals surface area contributed by atoms with Gasteiger partial charge in [0.2, 0.25) is 0 Å². The van der Waals surface area contributed by atoms with Gasteiger partial charge >= 0.3 is 0 Å². The van der Waals surface area contributed by atoms with Crippen molar-refractivity contribution in [3.05, 3.63) is 21.3 Å². The molecule has 1 fully saturated rings. The Labute approximate surface area is 99.6 Å². The van der Waals surface area contributed by atoms with Gasteiger partial charge < -0.3 is 10.1 Å². The molecule has 84 valence electrons. The second kappa shape index (κ2) is 4.83. The fourth-order valence-corrected chi connectivity index (χ4v) is 3.31. The smallest absolute Gasteiger partial charge is 0.0931 e. The quantitative estimate of drug-likeness (QED) is 0.884. The van der Waals surface area contributed by atoms with Gasteiger partial charge in [-0.25, -0.2) is 0 Å². The highest BCUT2D eigenvalue weighted by Crippen LogP contribution is 2.35. The molecule has 15 heavy (non-hydrogen) atoms. The fourth-order valence-electron chi connectivity index (χ4n) is 2.11. The summed E-state index contributed by atoms with van der Waals surface area (Å²) in [5, 5.41) is 3.33. The van der Waals surface area contributed by atoms with Crippen LogP contribution >= 0.6 is 22.9 Å². The maximum Gasteiger partial charge on any atom is 0.0931 e. The molecule has 0 aliphatic carbocycles. The van der Waals surface area contributed by atoms with Gasteiger partial charge in [-0.1, -0.05) is 18.5 Å². The lowest BCUT2D eigenvalue weighted by molar-refractivity contribution is 0.0641. The Morgan fingerprint density at radius 3 is 2.87 bits per heavy atom. The van der Waals surface area contributed by atoms with Crippen molar-refractivity contribution in [1.29, 1.82) is 0 Å². The molecule has 0 bridgehead atoms. The van der Waals surface area contributed by atoms with Gasteiger partial charge in [-0.15, -0.1) is 11.3 Å². The van der Waals surface area contributed by atoms with Crippen LogP contribution in [0.2, 0.25) is 4.34 Å². The van der Waals surface area contributed by atoms with Gasteiger partial charge in [0.1, 0.15) is 0 Å². The largest absolute Gasteiger partial charge is 0.376 e. The average Bonchev–Trinajstić information content (AvgIpc) is 2.79. The molecule has 3 unspecified atom stereocenters. The van der Waals surface area contributed by atoms with E-state index in [0.29, 0.717) is 5.92 Å². The van der Waals surface area contributed by atoms with Crippen molar-refractivity contribution in [2.75, 3.05) is 13.7 Å². The van der Waals surface area contributed by atoms with Gasteiger partial charge in [0.15, 0.2) is 0 Å². The minimum Gasteiger partial charge on any atom is -0.376 e. The van der Waals surface area contributed by atoms with Gasteiger partial charge in [0.25, 0.3) is 0 Å². The van der Waals surface area contributed by atoms with Gasteiger partial charge in [-0.05, 0) is 31.5 Å². The number of rotatable bonds is 3. The maximum atomic E-state index is 5.95. The highest BCUT2D eigenvalue weighted by molar-refractivity contribution is 7.16. The zero-order valence-electron chi connectivity index (χ0n) is 9.00. The summed E-state index contributed by atoms with van der Waals surface area (Å²) in [4.78, 5) is 1.27. The van der Waals surface area contributed by atoms with E-state index in [1.54, 1.807) is 11.3 Å². The molecule has 3 atom stereocenters. The summed E-state index contributed by atoms with van der Waals surface area (Å²) in [5.74, 6) is 0.614. The van der Waals surface area contributed by atoms with Crippen LogP contribution in [0.4, 0.5) is 0 Å². The van der Waals surface area contributed by atoms with Crippen molar-refractivity contribution in [1.82, 2.24) is 5.32 Å². The number of halogens is 1. The third-order valence-corrected chi connectivity index (χ3v) is 4.30. The molecule has 0 amide bonds. The monoisotopic (exact) mass is 245 g/mol. The van der Waals surface area contributed by atoms with Crippen LogP contribution in [0.1, 0.15) is 24.3 Å². The Kier molecular flexibility index (Phi) is 3.67. The maximum absolute atomic E-state index is 5.95. The molecule has 4 heteroatoms. The van der Waals surface area contributed by atoms with Crippen LogP contribution in [-0.2, 0) is 4.74 Å². The van der Waals surface area contributed by atoms with E-state index >= 15 is 0 Å². The second-order valence-corrected chi connectivity index (χ2v) is 5.76. The van der Waals surface area contributed by atoms with E-state index in [1.807, 2.05) is 13.1 Å². The molecule has 1 aromatic rings. The highest BCUT2D eigenvalue weighted by Gasteiger charge is 2.32. The molecular formula is C11H16ClNOS. The third kappa shape index (κ3) is 2.36. The van der Waals surface area contributed by atoms with E-state index < -0.39 is 0 Å². The third-order valence-electron chi connectivity index (χ3n) is 2.98.